The predicted octanol–water partition coefficient (Wildman–Crippen LogP) is 3.02. The van der Waals surface area contributed by atoms with E-state index >= 15 is 0 Å². The Morgan fingerprint density at radius 3 is 3.07 bits per heavy atom. The highest BCUT2D eigenvalue weighted by Crippen LogP contribution is 2.24. The standard InChI is InChI=1S/C12H15ClFN/c13-12-10(4-1-5-11(12)14)7-9-3-2-6-15-8-9/h1,4-5,9,15H,2-3,6-8H2. The largest absolute Gasteiger partial charge is 0.316 e. The van der Waals surface area contributed by atoms with Gasteiger partial charge < -0.3 is 5.32 Å². The quantitative estimate of drug-likeness (QED) is 0.819. The van der Waals surface area contributed by atoms with Crippen molar-refractivity contribution in [1.82, 2.24) is 5.32 Å². The van der Waals surface area contributed by atoms with E-state index in [1.807, 2.05) is 6.07 Å². The molecule has 82 valence electrons. The first-order valence-electron chi connectivity index (χ1n) is 5.41. The lowest BCUT2D eigenvalue weighted by Gasteiger charge is -2.23. The van der Waals surface area contributed by atoms with Crippen LogP contribution < -0.4 is 5.32 Å². The average molecular weight is 228 g/mol. The molecule has 0 saturated carbocycles. The van der Waals surface area contributed by atoms with Gasteiger partial charge in [-0.2, -0.15) is 0 Å². The Morgan fingerprint density at radius 1 is 1.47 bits per heavy atom. The van der Waals surface area contributed by atoms with Gasteiger partial charge in [-0.05, 0) is 49.9 Å². The summed E-state index contributed by atoms with van der Waals surface area (Å²) in [5.41, 5.74) is 0.936. The molecule has 1 fully saturated rings. The summed E-state index contributed by atoms with van der Waals surface area (Å²) in [6, 6.07) is 5.05. The minimum absolute atomic E-state index is 0.295. The maximum Gasteiger partial charge on any atom is 0.142 e. The molecule has 1 N–H and O–H groups in total. The smallest absolute Gasteiger partial charge is 0.142 e. The molecule has 1 aromatic carbocycles. The number of rotatable bonds is 2. The van der Waals surface area contributed by atoms with E-state index in [4.69, 9.17) is 11.6 Å². The molecule has 1 atom stereocenters. The van der Waals surface area contributed by atoms with Crippen LogP contribution >= 0.6 is 11.6 Å². The average Bonchev–Trinajstić information content (AvgIpc) is 2.26. The van der Waals surface area contributed by atoms with Gasteiger partial charge in [0.25, 0.3) is 0 Å². The van der Waals surface area contributed by atoms with Crippen molar-refractivity contribution < 1.29 is 4.39 Å². The van der Waals surface area contributed by atoms with Gasteiger partial charge in [0.05, 0.1) is 5.02 Å². The Morgan fingerprint density at radius 2 is 2.33 bits per heavy atom. The number of piperidine rings is 1. The maximum atomic E-state index is 13.2. The van der Waals surface area contributed by atoms with Gasteiger partial charge in [-0.3, -0.25) is 0 Å². The predicted molar refractivity (Wildman–Crippen MR) is 60.7 cm³/mol. The van der Waals surface area contributed by atoms with Crippen LogP contribution in [0.4, 0.5) is 4.39 Å². The molecular weight excluding hydrogens is 213 g/mol. The number of hydrogen-bond acceptors (Lipinski definition) is 1. The van der Waals surface area contributed by atoms with Crippen molar-refractivity contribution in [3.8, 4) is 0 Å². The molecule has 0 radical (unpaired) electrons. The Kier molecular flexibility index (Phi) is 3.60. The summed E-state index contributed by atoms with van der Waals surface area (Å²) in [6.45, 7) is 2.13. The maximum absolute atomic E-state index is 13.2. The zero-order valence-corrected chi connectivity index (χ0v) is 9.36. The monoisotopic (exact) mass is 227 g/mol. The summed E-state index contributed by atoms with van der Waals surface area (Å²) in [6.07, 6.45) is 3.29. The fourth-order valence-electron chi connectivity index (χ4n) is 2.12. The van der Waals surface area contributed by atoms with Crippen molar-refractivity contribution in [3.63, 3.8) is 0 Å². The van der Waals surface area contributed by atoms with Crippen molar-refractivity contribution in [1.29, 1.82) is 0 Å². The van der Waals surface area contributed by atoms with Crippen molar-refractivity contribution in [2.45, 2.75) is 19.3 Å². The number of benzene rings is 1. The molecule has 1 heterocycles. The van der Waals surface area contributed by atoms with Crippen molar-refractivity contribution in [2.75, 3.05) is 13.1 Å². The Labute approximate surface area is 94.6 Å². The van der Waals surface area contributed by atoms with Crippen LogP contribution in [0.1, 0.15) is 18.4 Å². The highest BCUT2D eigenvalue weighted by molar-refractivity contribution is 6.31. The van der Waals surface area contributed by atoms with E-state index in [0.29, 0.717) is 10.9 Å². The molecule has 0 bridgehead atoms. The highest BCUT2D eigenvalue weighted by Gasteiger charge is 2.15. The summed E-state index contributed by atoms with van der Waals surface area (Å²) >= 11 is 5.92. The number of halogens is 2. The minimum atomic E-state index is -0.307. The zero-order chi connectivity index (χ0) is 10.7. The van der Waals surface area contributed by atoms with Crippen LogP contribution in [0.15, 0.2) is 18.2 Å². The number of nitrogens with one attached hydrogen (secondary N) is 1. The van der Waals surface area contributed by atoms with E-state index in [0.717, 1.165) is 25.1 Å². The van der Waals surface area contributed by atoms with Gasteiger partial charge in [0, 0.05) is 0 Å². The molecule has 1 aromatic rings. The molecule has 0 spiro atoms. The summed E-state index contributed by atoms with van der Waals surface area (Å²) in [4.78, 5) is 0. The van der Waals surface area contributed by atoms with E-state index in [1.54, 1.807) is 6.07 Å². The lowest BCUT2D eigenvalue weighted by atomic mass is 9.92. The second kappa shape index (κ2) is 4.95. The Balaban J connectivity index is 2.06. The molecule has 3 heteroatoms. The van der Waals surface area contributed by atoms with Crippen LogP contribution in [0, 0.1) is 11.7 Å². The third kappa shape index (κ3) is 2.70. The minimum Gasteiger partial charge on any atom is -0.316 e. The lowest BCUT2D eigenvalue weighted by molar-refractivity contribution is 0.376. The third-order valence-corrected chi connectivity index (χ3v) is 3.36. The first-order chi connectivity index (χ1) is 7.27. The second-order valence-electron chi connectivity index (χ2n) is 4.13. The van der Waals surface area contributed by atoms with Crippen molar-refractivity contribution >= 4 is 11.6 Å². The molecule has 15 heavy (non-hydrogen) atoms. The summed E-state index contributed by atoms with van der Waals surface area (Å²) in [5, 5.41) is 3.65. The highest BCUT2D eigenvalue weighted by atomic mass is 35.5. The fraction of sp³-hybridized carbons (Fsp3) is 0.500. The first kappa shape index (κ1) is 10.9. The summed E-state index contributed by atoms with van der Waals surface area (Å²) in [7, 11) is 0. The van der Waals surface area contributed by atoms with Gasteiger partial charge in [-0.15, -0.1) is 0 Å². The molecule has 1 nitrogen and oxygen atoms in total. The van der Waals surface area contributed by atoms with Crippen molar-refractivity contribution in [3.05, 3.63) is 34.6 Å². The van der Waals surface area contributed by atoms with Crippen LogP contribution in [0.3, 0.4) is 0 Å². The van der Waals surface area contributed by atoms with E-state index in [2.05, 4.69) is 5.32 Å². The molecule has 0 amide bonds. The molecule has 1 aliphatic rings. The Bertz CT molecular complexity index is 334. The van der Waals surface area contributed by atoms with E-state index in [9.17, 15) is 4.39 Å². The molecule has 2 rings (SSSR count). The van der Waals surface area contributed by atoms with E-state index in [1.165, 1.54) is 18.9 Å². The fourth-order valence-corrected chi connectivity index (χ4v) is 2.32. The van der Waals surface area contributed by atoms with Gasteiger partial charge in [-0.1, -0.05) is 23.7 Å². The SMILES string of the molecule is Fc1cccc(CC2CCCNC2)c1Cl. The van der Waals surface area contributed by atoms with E-state index < -0.39 is 0 Å². The van der Waals surface area contributed by atoms with Gasteiger partial charge in [0.2, 0.25) is 0 Å². The summed E-state index contributed by atoms with van der Waals surface area (Å²) in [5.74, 6) is 0.288. The Hall–Kier alpha value is -0.600. The first-order valence-corrected chi connectivity index (χ1v) is 5.79. The van der Waals surface area contributed by atoms with Gasteiger partial charge in [-0.25, -0.2) is 4.39 Å². The summed E-state index contributed by atoms with van der Waals surface area (Å²) < 4.78 is 13.2. The van der Waals surface area contributed by atoms with Gasteiger partial charge in [0.15, 0.2) is 0 Å². The van der Waals surface area contributed by atoms with Crippen molar-refractivity contribution in [2.24, 2.45) is 5.92 Å². The lowest BCUT2D eigenvalue weighted by Crippen LogP contribution is -2.30. The topological polar surface area (TPSA) is 12.0 Å². The molecule has 1 unspecified atom stereocenters. The molecule has 1 aliphatic heterocycles. The molecule has 0 aliphatic carbocycles. The van der Waals surface area contributed by atoms with Crippen LogP contribution in [0.25, 0.3) is 0 Å². The van der Waals surface area contributed by atoms with Crippen LogP contribution in [-0.4, -0.2) is 13.1 Å². The molecular formula is C12H15ClFN. The zero-order valence-electron chi connectivity index (χ0n) is 8.60. The molecule has 1 saturated heterocycles. The van der Waals surface area contributed by atoms with Crippen LogP contribution in [0.5, 0.6) is 0 Å². The third-order valence-electron chi connectivity index (χ3n) is 2.94. The van der Waals surface area contributed by atoms with Crippen LogP contribution in [0.2, 0.25) is 5.02 Å². The molecule has 0 aromatic heterocycles. The van der Waals surface area contributed by atoms with Gasteiger partial charge >= 0.3 is 0 Å². The van der Waals surface area contributed by atoms with E-state index in [-0.39, 0.29) is 5.82 Å². The van der Waals surface area contributed by atoms with Crippen LogP contribution in [-0.2, 0) is 6.42 Å². The van der Waals surface area contributed by atoms with Gasteiger partial charge in [0.1, 0.15) is 5.82 Å². The number of hydrogen-bond donors (Lipinski definition) is 1. The normalized spacial score (nSPS) is 21.6. The second-order valence-corrected chi connectivity index (χ2v) is 4.51.